The fourth-order valence-electron chi connectivity index (χ4n) is 6.04. The molecule has 3 aromatic rings. The number of fused-ring (bicyclic) bond motifs is 5. The molecule has 0 radical (unpaired) electrons. The van der Waals surface area contributed by atoms with Crippen LogP contribution in [0.1, 0.15) is 34.5 Å². The van der Waals surface area contributed by atoms with Crippen LogP contribution in [-0.4, -0.2) is 80.9 Å². The number of hydrogen-bond acceptors (Lipinski definition) is 9. The molecule has 2 bridgehead atoms. The summed E-state index contributed by atoms with van der Waals surface area (Å²) in [5.41, 5.74) is 8.88. The van der Waals surface area contributed by atoms with E-state index in [1.165, 1.54) is 10.7 Å². The molecule has 1 aromatic carbocycles. The van der Waals surface area contributed by atoms with Crippen LogP contribution < -0.4 is 20.7 Å². The summed E-state index contributed by atoms with van der Waals surface area (Å²) in [5.74, 6) is -1.05. The molecule has 2 unspecified atom stereocenters. The summed E-state index contributed by atoms with van der Waals surface area (Å²) in [5, 5.41) is 16.7. The minimum atomic E-state index is -4.89. The number of aromatic nitrogens is 4. The van der Waals surface area contributed by atoms with E-state index in [1.807, 2.05) is 0 Å². The Labute approximate surface area is 227 Å². The summed E-state index contributed by atoms with van der Waals surface area (Å²) < 4.78 is 45.6. The van der Waals surface area contributed by atoms with Gasteiger partial charge in [0.1, 0.15) is 0 Å². The van der Waals surface area contributed by atoms with E-state index in [0.717, 1.165) is 37.2 Å². The molecule has 14 heteroatoms. The highest BCUT2D eigenvalue weighted by Gasteiger charge is 2.38. The first kappa shape index (κ1) is 26.3. The number of aryl methyl sites for hydroxylation is 1. The number of benzene rings is 1. The SMILES string of the molecule is CN1C2CCC1CN(c1ccc(OC(F)(F)F)c(Nc3ncc4c(n3)-c3c(c(C(N)=O)nn3CCO)CC4)c1)C2. The van der Waals surface area contributed by atoms with Gasteiger partial charge in [-0.25, -0.2) is 9.97 Å². The molecular weight excluding hydrogens is 529 g/mol. The Morgan fingerprint density at radius 3 is 2.65 bits per heavy atom. The summed E-state index contributed by atoms with van der Waals surface area (Å²) in [6.07, 6.45) is -0.0998. The van der Waals surface area contributed by atoms with E-state index in [9.17, 15) is 23.1 Å². The molecule has 2 saturated heterocycles. The second kappa shape index (κ2) is 9.93. The van der Waals surface area contributed by atoms with E-state index in [2.05, 4.69) is 42.0 Å². The molecule has 212 valence electrons. The average Bonchev–Trinajstić information content (AvgIpc) is 3.35. The zero-order chi connectivity index (χ0) is 28.2. The molecule has 2 aliphatic heterocycles. The minimum Gasteiger partial charge on any atom is -0.404 e. The van der Waals surface area contributed by atoms with E-state index < -0.39 is 18.0 Å². The van der Waals surface area contributed by atoms with Gasteiger partial charge in [0.15, 0.2) is 11.4 Å². The van der Waals surface area contributed by atoms with Crippen LogP contribution >= 0.6 is 0 Å². The van der Waals surface area contributed by atoms with Crippen molar-refractivity contribution in [3.8, 4) is 17.1 Å². The van der Waals surface area contributed by atoms with Gasteiger partial charge < -0.3 is 25.8 Å². The highest BCUT2D eigenvalue weighted by Crippen LogP contribution is 2.39. The van der Waals surface area contributed by atoms with Gasteiger partial charge in [-0.05, 0) is 56.5 Å². The molecule has 11 nitrogen and oxygen atoms in total. The Bertz CT molecular complexity index is 1450. The molecule has 4 heterocycles. The Hall–Kier alpha value is -3.91. The lowest BCUT2D eigenvalue weighted by Gasteiger charge is -2.40. The molecule has 40 heavy (non-hydrogen) atoms. The van der Waals surface area contributed by atoms with E-state index in [1.54, 1.807) is 18.3 Å². The first-order valence-corrected chi connectivity index (χ1v) is 13.1. The molecule has 3 aliphatic rings. The second-order valence-electron chi connectivity index (χ2n) is 10.4. The number of hydrogen-bond donors (Lipinski definition) is 3. The van der Waals surface area contributed by atoms with Gasteiger partial charge in [-0.2, -0.15) is 5.10 Å². The van der Waals surface area contributed by atoms with Crippen molar-refractivity contribution in [1.29, 1.82) is 0 Å². The fourth-order valence-corrected chi connectivity index (χ4v) is 6.04. The molecule has 2 atom stereocenters. The number of halogens is 3. The molecule has 0 spiro atoms. The van der Waals surface area contributed by atoms with Crippen molar-refractivity contribution in [3.63, 3.8) is 0 Å². The lowest BCUT2D eigenvalue weighted by atomic mass is 9.93. The maximum atomic E-state index is 13.3. The number of amides is 1. The van der Waals surface area contributed by atoms with Crippen LogP contribution in [0, 0.1) is 0 Å². The number of ether oxygens (including phenoxy) is 1. The monoisotopic (exact) mass is 558 g/mol. The number of rotatable bonds is 7. The Kier molecular flexibility index (Phi) is 6.53. The van der Waals surface area contributed by atoms with Crippen LogP contribution in [0.5, 0.6) is 5.75 Å². The van der Waals surface area contributed by atoms with Crippen LogP contribution in [0.4, 0.5) is 30.5 Å². The van der Waals surface area contributed by atoms with Crippen molar-refractivity contribution in [2.24, 2.45) is 5.73 Å². The van der Waals surface area contributed by atoms with Crippen molar-refractivity contribution in [3.05, 3.63) is 41.2 Å². The van der Waals surface area contributed by atoms with Crippen molar-refractivity contribution < 1.29 is 27.8 Å². The summed E-state index contributed by atoms with van der Waals surface area (Å²) >= 11 is 0. The number of carbonyl (C=O) groups is 1. The number of likely N-dealkylation sites (N-methyl/N-ethyl adjacent to an activating group) is 1. The zero-order valence-electron chi connectivity index (χ0n) is 21.8. The number of aliphatic hydroxyl groups excluding tert-OH is 1. The third kappa shape index (κ3) is 4.81. The largest absolute Gasteiger partial charge is 0.573 e. The fraction of sp³-hybridized carbons (Fsp3) is 0.462. The lowest BCUT2D eigenvalue weighted by Crippen LogP contribution is -2.52. The zero-order valence-corrected chi connectivity index (χ0v) is 21.8. The van der Waals surface area contributed by atoms with Crippen molar-refractivity contribution in [2.75, 3.05) is 37.0 Å². The molecular formula is C26H29F3N8O3. The number of carbonyl (C=O) groups excluding carboxylic acids is 1. The summed E-state index contributed by atoms with van der Waals surface area (Å²) in [6.45, 7) is 1.44. The molecule has 1 aliphatic carbocycles. The van der Waals surface area contributed by atoms with Crippen molar-refractivity contribution >= 4 is 23.2 Å². The molecule has 1 amide bonds. The number of nitrogens with one attached hydrogen (secondary N) is 1. The number of anilines is 3. The Morgan fingerprint density at radius 2 is 1.98 bits per heavy atom. The van der Waals surface area contributed by atoms with E-state index in [0.29, 0.717) is 41.9 Å². The molecule has 0 saturated carbocycles. The Balaban J connectivity index is 1.37. The van der Waals surface area contributed by atoms with Crippen molar-refractivity contribution in [2.45, 2.75) is 50.7 Å². The molecule has 2 fully saturated rings. The first-order chi connectivity index (χ1) is 19.1. The van der Waals surface area contributed by atoms with Gasteiger partial charge in [0.25, 0.3) is 5.91 Å². The number of primary amides is 1. The quantitative estimate of drug-likeness (QED) is 0.400. The number of nitrogens with zero attached hydrogens (tertiary/aromatic N) is 6. The maximum Gasteiger partial charge on any atom is 0.573 e. The van der Waals surface area contributed by atoms with Gasteiger partial charge >= 0.3 is 6.36 Å². The highest BCUT2D eigenvalue weighted by molar-refractivity contribution is 5.94. The molecule has 6 rings (SSSR count). The number of alkyl halides is 3. The van der Waals surface area contributed by atoms with Crippen molar-refractivity contribution in [1.82, 2.24) is 24.6 Å². The van der Waals surface area contributed by atoms with Crippen LogP contribution in [0.25, 0.3) is 11.4 Å². The van der Waals surface area contributed by atoms with E-state index in [4.69, 9.17) is 5.73 Å². The van der Waals surface area contributed by atoms with Crippen LogP contribution in [0.3, 0.4) is 0 Å². The van der Waals surface area contributed by atoms with Gasteiger partial charge in [-0.1, -0.05) is 0 Å². The second-order valence-corrected chi connectivity index (χ2v) is 10.4. The van der Waals surface area contributed by atoms with E-state index >= 15 is 0 Å². The van der Waals surface area contributed by atoms with Gasteiger partial charge in [0.2, 0.25) is 5.95 Å². The summed E-state index contributed by atoms with van der Waals surface area (Å²) in [6, 6.07) is 5.36. The predicted octanol–water partition coefficient (Wildman–Crippen LogP) is 2.45. The maximum absolute atomic E-state index is 13.3. The van der Waals surface area contributed by atoms with Gasteiger partial charge in [-0.15, -0.1) is 13.2 Å². The third-order valence-corrected chi connectivity index (χ3v) is 7.98. The minimum absolute atomic E-state index is 0.0478. The smallest absolute Gasteiger partial charge is 0.404 e. The summed E-state index contributed by atoms with van der Waals surface area (Å²) in [7, 11) is 2.12. The summed E-state index contributed by atoms with van der Waals surface area (Å²) in [4.78, 5) is 25.5. The van der Waals surface area contributed by atoms with E-state index in [-0.39, 0.29) is 30.5 Å². The van der Waals surface area contributed by atoms with Crippen LogP contribution in [0.2, 0.25) is 0 Å². The third-order valence-electron chi connectivity index (χ3n) is 7.98. The highest BCUT2D eigenvalue weighted by atomic mass is 19.4. The Morgan fingerprint density at radius 1 is 1.23 bits per heavy atom. The first-order valence-electron chi connectivity index (χ1n) is 13.1. The number of aliphatic hydroxyl groups is 1. The number of piperazine rings is 1. The number of nitrogens with two attached hydrogens (primary N) is 1. The average molecular weight is 559 g/mol. The molecule has 2 aromatic heterocycles. The van der Waals surface area contributed by atoms with Gasteiger partial charge in [0.05, 0.1) is 30.2 Å². The van der Waals surface area contributed by atoms with Gasteiger partial charge in [-0.3, -0.25) is 14.4 Å². The van der Waals surface area contributed by atoms with Crippen LogP contribution in [0.15, 0.2) is 24.4 Å². The molecule has 4 N–H and O–H groups in total. The normalized spacial score (nSPS) is 20.3. The van der Waals surface area contributed by atoms with Gasteiger partial charge in [0, 0.05) is 42.6 Å². The topological polar surface area (TPSA) is 135 Å². The lowest BCUT2D eigenvalue weighted by molar-refractivity contribution is -0.274. The predicted molar refractivity (Wildman–Crippen MR) is 139 cm³/mol. The van der Waals surface area contributed by atoms with Crippen LogP contribution in [-0.2, 0) is 19.4 Å². The standard InChI is InChI=1S/C26H29F3N8O3/c1-35-16-3-4-17(35)13-36(12-16)15-5-7-20(40-26(27,28)29)19(10-15)32-25-31-11-14-2-6-18-22(24(30)39)34-37(8-9-38)23(18)21(14)33-25/h5,7,10-11,16-17,38H,2-4,6,8-9,12-13H2,1H3,(H2,30,39)(H,31,32,33).